The Morgan fingerprint density at radius 1 is 1.07 bits per heavy atom. The van der Waals surface area contributed by atoms with E-state index in [1.54, 1.807) is 37.3 Å². The third kappa shape index (κ3) is 4.14. The molecule has 0 spiro atoms. The van der Waals surface area contributed by atoms with Gasteiger partial charge in [-0.2, -0.15) is 13.2 Å². The SMILES string of the molecule is Cc1ccc(S(=O)(=O)N2C=C(c3cccc(C(F)(F)F)c3)CC=CC2C)cc1. The van der Waals surface area contributed by atoms with Crippen molar-refractivity contribution in [3.8, 4) is 0 Å². The van der Waals surface area contributed by atoms with Crippen LogP contribution in [0.15, 0.2) is 71.8 Å². The molecule has 2 aromatic rings. The zero-order valence-corrected chi connectivity index (χ0v) is 16.3. The summed E-state index contributed by atoms with van der Waals surface area (Å²) in [4.78, 5) is 0.139. The number of hydrogen-bond acceptors (Lipinski definition) is 2. The van der Waals surface area contributed by atoms with Crippen LogP contribution in [0, 0.1) is 6.92 Å². The largest absolute Gasteiger partial charge is 0.416 e. The summed E-state index contributed by atoms with van der Waals surface area (Å²) in [5.41, 5.74) is 1.02. The molecule has 0 fully saturated rings. The number of rotatable bonds is 3. The second-order valence-electron chi connectivity index (χ2n) is 6.75. The molecule has 0 N–H and O–H groups in total. The maximum atomic E-state index is 13.1. The fourth-order valence-electron chi connectivity index (χ4n) is 3.01. The highest BCUT2D eigenvalue weighted by molar-refractivity contribution is 7.89. The van der Waals surface area contributed by atoms with E-state index in [2.05, 4.69) is 0 Å². The first-order valence-corrected chi connectivity index (χ1v) is 10.2. The van der Waals surface area contributed by atoms with Crippen LogP contribution in [0.2, 0.25) is 0 Å². The van der Waals surface area contributed by atoms with Gasteiger partial charge in [0, 0.05) is 6.20 Å². The summed E-state index contributed by atoms with van der Waals surface area (Å²) in [5.74, 6) is 0. The highest BCUT2D eigenvalue weighted by atomic mass is 32.2. The smallest absolute Gasteiger partial charge is 0.266 e. The molecule has 3 nitrogen and oxygen atoms in total. The van der Waals surface area contributed by atoms with Crippen molar-refractivity contribution < 1.29 is 21.6 Å². The predicted molar refractivity (Wildman–Crippen MR) is 103 cm³/mol. The molecule has 1 unspecified atom stereocenters. The highest BCUT2D eigenvalue weighted by Gasteiger charge is 2.31. The molecular weight excluding hydrogens is 387 g/mol. The van der Waals surface area contributed by atoms with E-state index in [4.69, 9.17) is 0 Å². The zero-order valence-electron chi connectivity index (χ0n) is 15.4. The normalized spacial score (nSPS) is 18.0. The summed E-state index contributed by atoms with van der Waals surface area (Å²) < 4.78 is 66.6. The van der Waals surface area contributed by atoms with Crippen molar-refractivity contribution in [1.82, 2.24) is 4.31 Å². The van der Waals surface area contributed by atoms with Crippen molar-refractivity contribution in [3.63, 3.8) is 0 Å². The number of allylic oxidation sites excluding steroid dienone is 2. The lowest BCUT2D eigenvalue weighted by Crippen LogP contribution is -2.32. The summed E-state index contributed by atoms with van der Waals surface area (Å²) in [5, 5.41) is 0. The van der Waals surface area contributed by atoms with Gasteiger partial charge in [-0.3, -0.25) is 4.31 Å². The van der Waals surface area contributed by atoms with Crippen LogP contribution in [0.5, 0.6) is 0 Å². The lowest BCUT2D eigenvalue weighted by Gasteiger charge is -2.25. The van der Waals surface area contributed by atoms with Gasteiger partial charge in [0.05, 0.1) is 16.5 Å². The molecule has 1 aliphatic rings. The van der Waals surface area contributed by atoms with E-state index < -0.39 is 27.8 Å². The molecule has 0 bridgehead atoms. The average molecular weight is 407 g/mol. The summed E-state index contributed by atoms with van der Waals surface area (Å²) in [7, 11) is -3.85. The Kier molecular flexibility index (Phi) is 5.39. The van der Waals surface area contributed by atoms with Crippen LogP contribution in [0.1, 0.15) is 30.0 Å². The molecule has 0 saturated carbocycles. The standard InChI is InChI=1S/C21H20F3NO2S/c1-15-9-11-20(12-10-15)28(26,27)25-14-18(7-3-5-16(25)2)17-6-4-8-19(13-17)21(22,23)24/h3-6,8-14,16H,7H2,1-2H3. The van der Waals surface area contributed by atoms with E-state index in [0.29, 0.717) is 17.6 Å². The van der Waals surface area contributed by atoms with Gasteiger partial charge in [0.2, 0.25) is 0 Å². The molecular formula is C21H20F3NO2S. The lowest BCUT2D eigenvalue weighted by atomic mass is 10.0. The molecule has 1 heterocycles. The average Bonchev–Trinajstić information content (AvgIpc) is 2.84. The van der Waals surface area contributed by atoms with Gasteiger partial charge in [0.25, 0.3) is 10.0 Å². The molecule has 3 rings (SSSR count). The molecule has 0 aromatic heterocycles. The van der Waals surface area contributed by atoms with Crippen LogP contribution in [-0.2, 0) is 16.2 Å². The van der Waals surface area contributed by atoms with Crippen LogP contribution >= 0.6 is 0 Å². The first-order valence-electron chi connectivity index (χ1n) is 8.74. The molecule has 28 heavy (non-hydrogen) atoms. The monoisotopic (exact) mass is 407 g/mol. The number of sulfonamides is 1. The van der Waals surface area contributed by atoms with E-state index >= 15 is 0 Å². The van der Waals surface area contributed by atoms with Gasteiger partial charge in [0.15, 0.2) is 0 Å². The van der Waals surface area contributed by atoms with E-state index in [9.17, 15) is 21.6 Å². The summed E-state index contributed by atoms with van der Waals surface area (Å²) >= 11 is 0. The Labute approximate surface area is 162 Å². The number of benzene rings is 2. The Hall–Kier alpha value is -2.54. The van der Waals surface area contributed by atoms with Gasteiger partial charge in [-0.15, -0.1) is 0 Å². The third-order valence-corrected chi connectivity index (χ3v) is 6.45. The van der Waals surface area contributed by atoms with Crippen molar-refractivity contribution in [2.24, 2.45) is 0 Å². The quantitative estimate of drug-likeness (QED) is 0.640. The van der Waals surface area contributed by atoms with E-state index in [1.165, 1.54) is 28.7 Å². The van der Waals surface area contributed by atoms with Crippen LogP contribution in [0.4, 0.5) is 13.2 Å². The maximum Gasteiger partial charge on any atom is 0.416 e. The number of alkyl halides is 3. The Bertz CT molecular complexity index is 1020. The van der Waals surface area contributed by atoms with Gasteiger partial charge >= 0.3 is 6.18 Å². The summed E-state index contributed by atoms with van der Waals surface area (Å²) in [6, 6.07) is 11.0. The van der Waals surface area contributed by atoms with Crippen LogP contribution in [0.3, 0.4) is 0 Å². The lowest BCUT2D eigenvalue weighted by molar-refractivity contribution is -0.137. The van der Waals surface area contributed by atoms with Gasteiger partial charge in [0.1, 0.15) is 0 Å². The number of nitrogens with zero attached hydrogens (tertiary/aromatic N) is 1. The van der Waals surface area contributed by atoms with Crippen LogP contribution < -0.4 is 0 Å². The topological polar surface area (TPSA) is 37.4 Å². The van der Waals surface area contributed by atoms with Crippen molar-refractivity contribution >= 4 is 15.6 Å². The van der Waals surface area contributed by atoms with Gasteiger partial charge in [-0.05, 0) is 55.7 Å². The van der Waals surface area contributed by atoms with E-state index in [-0.39, 0.29) is 4.90 Å². The summed E-state index contributed by atoms with van der Waals surface area (Å²) in [6.45, 7) is 3.59. The molecule has 0 saturated heterocycles. The van der Waals surface area contributed by atoms with E-state index in [0.717, 1.165) is 17.7 Å². The van der Waals surface area contributed by atoms with Crippen molar-refractivity contribution in [3.05, 3.63) is 83.6 Å². The van der Waals surface area contributed by atoms with Gasteiger partial charge in [-0.1, -0.05) is 42.0 Å². The minimum atomic E-state index is -4.46. The van der Waals surface area contributed by atoms with Gasteiger partial charge in [-0.25, -0.2) is 8.42 Å². The minimum Gasteiger partial charge on any atom is -0.266 e. The molecule has 0 amide bonds. The van der Waals surface area contributed by atoms with Crippen LogP contribution in [-0.4, -0.2) is 18.8 Å². The Balaban J connectivity index is 2.07. The highest BCUT2D eigenvalue weighted by Crippen LogP contribution is 2.33. The first-order chi connectivity index (χ1) is 13.1. The predicted octanol–water partition coefficient (Wildman–Crippen LogP) is 5.39. The molecule has 1 aliphatic heterocycles. The summed E-state index contributed by atoms with van der Waals surface area (Å²) in [6.07, 6.45) is 0.837. The number of hydrogen-bond donors (Lipinski definition) is 0. The maximum absolute atomic E-state index is 13.1. The van der Waals surface area contributed by atoms with Crippen LogP contribution in [0.25, 0.3) is 5.57 Å². The Morgan fingerprint density at radius 3 is 2.39 bits per heavy atom. The zero-order chi connectivity index (χ0) is 20.5. The molecule has 0 aliphatic carbocycles. The molecule has 7 heteroatoms. The first kappa shape index (κ1) is 20.2. The molecule has 2 aromatic carbocycles. The second kappa shape index (κ2) is 7.47. The minimum absolute atomic E-state index is 0.139. The fraction of sp³-hybridized carbons (Fsp3) is 0.238. The molecule has 1 atom stereocenters. The fourth-order valence-corrected chi connectivity index (χ4v) is 4.51. The van der Waals surface area contributed by atoms with Crippen molar-refractivity contribution in [1.29, 1.82) is 0 Å². The second-order valence-corrected chi connectivity index (χ2v) is 8.60. The number of halogens is 3. The van der Waals surface area contributed by atoms with Gasteiger partial charge < -0.3 is 0 Å². The Morgan fingerprint density at radius 2 is 1.75 bits per heavy atom. The van der Waals surface area contributed by atoms with Crippen molar-refractivity contribution in [2.45, 2.75) is 37.4 Å². The number of aryl methyl sites for hydroxylation is 1. The third-order valence-electron chi connectivity index (χ3n) is 4.59. The molecule has 0 radical (unpaired) electrons. The molecule has 148 valence electrons. The van der Waals surface area contributed by atoms with E-state index in [1.807, 2.05) is 6.92 Å². The van der Waals surface area contributed by atoms with Crippen molar-refractivity contribution in [2.75, 3.05) is 0 Å².